The molecule has 1 saturated carbocycles. The van der Waals surface area contributed by atoms with Crippen LogP contribution in [0.3, 0.4) is 0 Å². The second-order valence-electron chi connectivity index (χ2n) is 5.02. The quantitative estimate of drug-likeness (QED) is 0.912. The van der Waals surface area contributed by atoms with Crippen LogP contribution in [0.15, 0.2) is 39.3 Å². The Morgan fingerprint density at radius 2 is 2.25 bits per heavy atom. The van der Waals surface area contributed by atoms with Gasteiger partial charge < -0.3 is 9.84 Å². The van der Waals surface area contributed by atoms with Gasteiger partial charge in [-0.2, -0.15) is 0 Å². The van der Waals surface area contributed by atoms with Crippen molar-refractivity contribution in [2.75, 3.05) is 6.54 Å². The molecule has 4 nitrogen and oxygen atoms in total. The highest BCUT2D eigenvalue weighted by molar-refractivity contribution is 9.10. The molecule has 0 saturated heterocycles. The molecule has 1 fully saturated rings. The molecule has 0 unspecified atom stereocenters. The predicted molar refractivity (Wildman–Crippen MR) is 78.7 cm³/mol. The molecule has 0 aliphatic heterocycles. The van der Waals surface area contributed by atoms with Crippen LogP contribution in [-0.2, 0) is 6.42 Å². The Morgan fingerprint density at radius 1 is 1.40 bits per heavy atom. The zero-order chi connectivity index (χ0) is 13.9. The highest BCUT2D eigenvalue weighted by Crippen LogP contribution is 2.40. The lowest BCUT2D eigenvalue weighted by Gasteiger charge is -2.03. The fourth-order valence-corrected chi connectivity index (χ4v) is 2.51. The van der Waals surface area contributed by atoms with E-state index in [-0.39, 0.29) is 5.91 Å². The zero-order valence-electron chi connectivity index (χ0n) is 10.9. The summed E-state index contributed by atoms with van der Waals surface area (Å²) in [4.78, 5) is 11.9. The Hall–Kier alpha value is -1.62. The summed E-state index contributed by atoms with van der Waals surface area (Å²) in [5.74, 6) is 1.14. The van der Waals surface area contributed by atoms with E-state index in [9.17, 15) is 4.79 Å². The second kappa shape index (κ2) is 5.79. The van der Waals surface area contributed by atoms with Crippen LogP contribution in [0.25, 0.3) is 0 Å². The minimum absolute atomic E-state index is 0.171. The summed E-state index contributed by atoms with van der Waals surface area (Å²) in [7, 11) is 0. The van der Waals surface area contributed by atoms with E-state index in [1.807, 2.05) is 24.3 Å². The molecule has 0 radical (unpaired) electrons. The Kier molecular flexibility index (Phi) is 3.87. The number of nitrogens with zero attached hydrogens (tertiary/aromatic N) is 1. The molecule has 1 aromatic heterocycles. The SMILES string of the molecule is O=C(NCCc1cccc(Br)c1)c1cc(C2CC2)on1. The molecule has 3 rings (SSSR count). The monoisotopic (exact) mass is 334 g/mol. The number of hydrogen-bond donors (Lipinski definition) is 1. The van der Waals surface area contributed by atoms with Crippen molar-refractivity contribution in [1.82, 2.24) is 10.5 Å². The molecule has 0 bridgehead atoms. The van der Waals surface area contributed by atoms with Gasteiger partial charge in [-0.3, -0.25) is 4.79 Å². The van der Waals surface area contributed by atoms with Crippen LogP contribution >= 0.6 is 15.9 Å². The fourth-order valence-electron chi connectivity index (χ4n) is 2.06. The van der Waals surface area contributed by atoms with Gasteiger partial charge in [0.25, 0.3) is 5.91 Å². The van der Waals surface area contributed by atoms with Crippen molar-refractivity contribution < 1.29 is 9.32 Å². The van der Waals surface area contributed by atoms with E-state index in [1.165, 1.54) is 5.56 Å². The lowest BCUT2D eigenvalue weighted by Crippen LogP contribution is -2.25. The number of halogens is 1. The number of aromatic nitrogens is 1. The number of amides is 1. The third-order valence-electron chi connectivity index (χ3n) is 3.33. The standard InChI is InChI=1S/C15H15BrN2O2/c16-12-3-1-2-10(8-12)6-7-17-15(19)13-9-14(20-18-13)11-4-5-11/h1-3,8-9,11H,4-7H2,(H,17,19). The van der Waals surface area contributed by atoms with Crippen molar-refractivity contribution in [2.45, 2.75) is 25.2 Å². The van der Waals surface area contributed by atoms with Gasteiger partial charge in [0.1, 0.15) is 5.76 Å². The van der Waals surface area contributed by atoms with E-state index in [2.05, 4.69) is 26.4 Å². The second-order valence-corrected chi connectivity index (χ2v) is 5.94. The van der Waals surface area contributed by atoms with Crippen molar-refractivity contribution in [2.24, 2.45) is 0 Å². The van der Waals surface area contributed by atoms with Crippen LogP contribution < -0.4 is 5.32 Å². The Balaban J connectivity index is 1.51. The number of carbonyl (C=O) groups excluding carboxylic acids is 1. The third kappa shape index (κ3) is 3.28. The van der Waals surface area contributed by atoms with Gasteiger partial charge >= 0.3 is 0 Å². The molecular weight excluding hydrogens is 320 g/mol. The number of rotatable bonds is 5. The average Bonchev–Trinajstić information content (AvgIpc) is 3.16. The fraction of sp³-hybridized carbons (Fsp3) is 0.333. The topological polar surface area (TPSA) is 55.1 Å². The maximum atomic E-state index is 11.9. The summed E-state index contributed by atoms with van der Waals surface area (Å²) in [6.45, 7) is 0.584. The Labute approximate surface area is 125 Å². The van der Waals surface area contributed by atoms with E-state index in [0.717, 1.165) is 29.5 Å². The molecular formula is C15H15BrN2O2. The Bertz CT molecular complexity index is 620. The van der Waals surface area contributed by atoms with Crippen LogP contribution in [0.1, 0.15) is 40.6 Å². The van der Waals surface area contributed by atoms with Crippen molar-refractivity contribution in [1.29, 1.82) is 0 Å². The third-order valence-corrected chi connectivity index (χ3v) is 3.82. The van der Waals surface area contributed by atoms with Crippen LogP contribution in [0.5, 0.6) is 0 Å². The van der Waals surface area contributed by atoms with Crippen molar-refractivity contribution in [3.05, 3.63) is 51.8 Å². The van der Waals surface area contributed by atoms with Gasteiger partial charge in [0.2, 0.25) is 0 Å². The highest BCUT2D eigenvalue weighted by atomic mass is 79.9. The molecule has 20 heavy (non-hydrogen) atoms. The van der Waals surface area contributed by atoms with Crippen LogP contribution in [0, 0.1) is 0 Å². The van der Waals surface area contributed by atoms with Gasteiger partial charge in [0.15, 0.2) is 5.69 Å². The summed E-state index contributed by atoms with van der Waals surface area (Å²) >= 11 is 3.43. The maximum Gasteiger partial charge on any atom is 0.273 e. The predicted octanol–water partition coefficient (Wildman–Crippen LogP) is 3.29. The van der Waals surface area contributed by atoms with Gasteiger partial charge in [-0.1, -0.05) is 33.2 Å². The van der Waals surface area contributed by atoms with E-state index in [4.69, 9.17) is 4.52 Å². The van der Waals surface area contributed by atoms with E-state index in [1.54, 1.807) is 6.07 Å². The summed E-state index contributed by atoms with van der Waals surface area (Å²) in [6, 6.07) is 9.81. The minimum atomic E-state index is -0.171. The van der Waals surface area contributed by atoms with E-state index in [0.29, 0.717) is 18.2 Å². The van der Waals surface area contributed by atoms with Crippen molar-refractivity contribution in [3.63, 3.8) is 0 Å². The molecule has 5 heteroatoms. The molecule has 1 aliphatic rings. The molecule has 1 amide bonds. The summed E-state index contributed by atoms with van der Waals surface area (Å²) in [6.07, 6.45) is 3.07. The van der Waals surface area contributed by atoms with Crippen molar-refractivity contribution >= 4 is 21.8 Å². The Morgan fingerprint density at radius 3 is 3.00 bits per heavy atom. The lowest BCUT2D eigenvalue weighted by molar-refractivity contribution is 0.0945. The van der Waals surface area contributed by atoms with Crippen LogP contribution in [-0.4, -0.2) is 17.6 Å². The van der Waals surface area contributed by atoms with Crippen LogP contribution in [0.2, 0.25) is 0 Å². The van der Waals surface area contributed by atoms with Crippen LogP contribution in [0.4, 0.5) is 0 Å². The smallest absolute Gasteiger partial charge is 0.273 e. The van der Waals surface area contributed by atoms with Gasteiger partial charge in [0.05, 0.1) is 0 Å². The maximum absolute atomic E-state index is 11.9. The number of nitrogens with one attached hydrogen (secondary N) is 1. The first kappa shape index (κ1) is 13.4. The van der Waals surface area contributed by atoms with Gasteiger partial charge in [-0.25, -0.2) is 0 Å². The molecule has 1 aromatic carbocycles. The molecule has 104 valence electrons. The van der Waals surface area contributed by atoms with E-state index < -0.39 is 0 Å². The molecule has 2 aromatic rings. The summed E-state index contributed by atoms with van der Waals surface area (Å²) < 4.78 is 6.22. The molecule has 1 heterocycles. The lowest BCUT2D eigenvalue weighted by atomic mass is 10.1. The molecule has 0 spiro atoms. The molecule has 1 N–H and O–H groups in total. The summed E-state index contributed by atoms with van der Waals surface area (Å²) in [5, 5.41) is 6.69. The normalized spacial score (nSPS) is 14.2. The van der Waals surface area contributed by atoms with Gasteiger partial charge in [-0.05, 0) is 37.0 Å². The largest absolute Gasteiger partial charge is 0.360 e. The molecule has 0 atom stereocenters. The summed E-state index contributed by atoms with van der Waals surface area (Å²) in [5.41, 5.74) is 1.56. The number of carbonyl (C=O) groups is 1. The first-order chi connectivity index (χ1) is 9.72. The van der Waals surface area contributed by atoms with Crippen molar-refractivity contribution in [3.8, 4) is 0 Å². The first-order valence-electron chi connectivity index (χ1n) is 6.71. The number of hydrogen-bond acceptors (Lipinski definition) is 3. The van der Waals surface area contributed by atoms with Gasteiger partial charge in [0, 0.05) is 23.0 Å². The van der Waals surface area contributed by atoms with E-state index >= 15 is 0 Å². The highest BCUT2D eigenvalue weighted by Gasteiger charge is 2.28. The average molecular weight is 335 g/mol. The molecule has 1 aliphatic carbocycles. The number of benzene rings is 1. The zero-order valence-corrected chi connectivity index (χ0v) is 12.5. The minimum Gasteiger partial charge on any atom is -0.360 e. The van der Waals surface area contributed by atoms with Gasteiger partial charge in [-0.15, -0.1) is 0 Å². The first-order valence-corrected chi connectivity index (χ1v) is 7.51.